The molecule has 0 radical (unpaired) electrons. The Hall–Kier alpha value is -1.83. The second-order valence-corrected chi connectivity index (χ2v) is 2.97. The molecule has 62 valence electrons. The largest absolute Gasteiger partial charge is 0.464 e. The molecule has 0 spiro atoms. The molecule has 0 aliphatic heterocycles. The first-order valence-electron chi connectivity index (χ1n) is 4.16. The molecule has 2 heterocycles. The molecule has 0 saturated heterocycles. The minimum atomic E-state index is 0.922. The van der Waals surface area contributed by atoms with Crippen molar-refractivity contribution < 1.29 is 4.42 Å². The molecule has 1 aromatic carbocycles. The van der Waals surface area contributed by atoms with Crippen LogP contribution in [0, 0.1) is 0 Å². The number of rotatable bonds is 0. The van der Waals surface area contributed by atoms with E-state index >= 15 is 0 Å². The average Bonchev–Trinajstić information content (AvgIpc) is 2.65. The highest BCUT2D eigenvalue weighted by Gasteiger charge is 2.01. The maximum absolute atomic E-state index is 5.39. The summed E-state index contributed by atoms with van der Waals surface area (Å²) in [7, 11) is 0. The average molecular weight is 169 g/mol. The van der Waals surface area contributed by atoms with Crippen molar-refractivity contribution >= 4 is 21.9 Å². The summed E-state index contributed by atoms with van der Waals surface area (Å²) in [5.41, 5.74) is 1.90. The first kappa shape index (κ1) is 6.66. The SMILES string of the molecule is c1cnc2ccc3ccoc3c2c1. The van der Waals surface area contributed by atoms with Crippen molar-refractivity contribution in [1.82, 2.24) is 4.98 Å². The summed E-state index contributed by atoms with van der Waals surface area (Å²) in [6.07, 6.45) is 3.49. The van der Waals surface area contributed by atoms with Crippen LogP contribution in [0.1, 0.15) is 0 Å². The van der Waals surface area contributed by atoms with E-state index < -0.39 is 0 Å². The number of aromatic nitrogens is 1. The summed E-state index contributed by atoms with van der Waals surface area (Å²) >= 11 is 0. The molecule has 0 fully saturated rings. The zero-order chi connectivity index (χ0) is 8.67. The van der Waals surface area contributed by atoms with E-state index in [1.807, 2.05) is 30.3 Å². The predicted octanol–water partition coefficient (Wildman–Crippen LogP) is 2.98. The maximum atomic E-state index is 5.39. The third-order valence-electron chi connectivity index (χ3n) is 2.20. The molecule has 0 aliphatic rings. The summed E-state index contributed by atoms with van der Waals surface area (Å²) in [6, 6.07) is 9.93. The zero-order valence-corrected chi connectivity index (χ0v) is 6.90. The van der Waals surface area contributed by atoms with Crippen molar-refractivity contribution in [2.75, 3.05) is 0 Å². The first-order valence-corrected chi connectivity index (χ1v) is 4.16. The highest BCUT2D eigenvalue weighted by Crippen LogP contribution is 2.24. The predicted molar refractivity (Wildman–Crippen MR) is 51.5 cm³/mol. The van der Waals surface area contributed by atoms with E-state index in [2.05, 4.69) is 4.98 Å². The van der Waals surface area contributed by atoms with Gasteiger partial charge in [-0.1, -0.05) is 0 Å². The van der Waals surface area contributed by atoms with E-state index in [1.54, 1.807) is 12.5 Å². The van der Waals surface area contributed by atoms with Crippen LogP contribution in [0.15, 0.2) is 47.2 Å². The van der Waals surface area contributed by atoms with E-state index in [9.17, 15) is 0 Å². The lowest BCUT2D eigenvalue weighted by atomic mass is 10.1. The lowest BCUT2D eigenvalue weighted by molar-refractivity contribution is 0.619. The molecule has 0 N–H and O–H groups in total. The van der Waals surface area contributed by atoms with Gasteiger partial charge in [0.15, 0.2) is 0 Å². The smallest absolute Gasteiger partial charge is 0.143 e. The van der Waals surface area contributed by atoms with Gasteiger partial charge in [-0.25, -0.2) is 0 Å². The fourth-order valence-electron chi connectivity index (χ4n) is 1.58. The molecule has 0 unspecified atom stereocenters. The molecular weight excluding hydrogens is 162 g/mol. The van der Waals surface area contributed by atoms with Crippen LogP contribution in [0.5, 0.6) is 0 Å². The second kappa shape index (κ2) is 2.33. The Morgan fingerprint density at radius 3 is 3.08 bits per heavy atom. The van der Waals surface area contributed by atoms with E-state index in [0.29, 0.717) is 0 Å². The van der Waals surface area contributed by atoms with Gasteiger partial charge >= 0.3 is 0 Å². The normalized spacial score (nSPS) is 11.1. The fourth-order valence-corrected chi connectivity index (χ4v) is 1.58. The van der Waals surface area contributed by atoms with E-state index in [1.165, 1.54) is 0 Å². The maximum Gasteiger partial charge on any atom is 0.143 e. The number of benzene rings is 1. The van der Waals surface area contributed by atoms with Crippen molar-refractivity contribution in [1.29, 1.82) is 0 Å². The van der Waals surface area contributed by atoms with Gasteiger partial charge in [-0.2, -0.15) is 0 Å². The van der Waals surface area contributed by atoms with Crippen LogP contribution in [0.4, 0.5) is 0 Å². The minimum Gasteiger partial charge on any atom is -0.464 e. The third-order valence-corrected chi connectivity index (χ3v) is 2.20. The molecule has 2 nitrogen and oxygen atoms in total. The molecular formula is C11H7NO. The summed E-state index contributed by atoms with van der Waals surface area (Å²) in [5, 5.41) is 2.20. The number of hydrogen-bond donors (Lipinski definition) is 0. The molecule has 0 bridgehead atoms. The molecule has 0 amide bonds. The number of nitrogens with zero attached hydrogens (tertiary/aromatic N) is 1. The van der Waals surface area contributed by atoms with Gasteiger partial charge in [0.1, 0.15) is 5.58 Å². The molecule has 3 rings (SSSR count). The summed E-state index contributed by atoms with van der Waals surface area (Å²) in [5.74, 6) is 0. The Balaban J connectivity index is 2.65. The van der Waals surface area contributed by atoms with Gasteiger partial charge in [-0.15, -0.1) is 0 Å². The topological polar surface area (TPSA) is 26.0 Å². The Morgan fingerprint density at radius 2 is 2.08 bits per heavy atom. The van der Waals surface area contributed by atoms with Gasteiger partial charge in [-0.3, -0.25) is 4.98 Å². The molecule has 0 saturated carbocycles. The minimum absolute atomic E-state index is 0.922. The quantitative estimate of drug-likeness (QED) is 0.517. The zero-order valence-electron chi connectivity index (χ0n) is 6.90. The number of fused-ring (bicyclic) bond motifs is 3. The van der Waals surface area contributed by atoms with Gasteiger partial charge in [0.05, 0.1) is 11.8 Å². The highest BCUT2D eigenvalue weighted by molar-refractivity contribution is 6.02. The lowest BCUT2D eigenvalue weighted by Gasteiger charge is -1.95. The Kier molecular flexibility index (Phi) is 1.19. The van der Waals surface area contributed by atoms with Crippen molar-refractivity contribution in [3.8, 4) is 0 Å². The molecule has 2 heteroatoms. The monoisotopic (exact) mass is 169 g/mol. The number of pyridine rings is 1. The number of hydrogen-bond acceptors (Lipinski definition) is 2. The Labute approximate surface area is 74.8 Å². The molecule has 2 aromatic heterocycles. The molecule has 0 aliphatic carbocycles. The van der Waals surface area contributed by atoms with Gasteiger partial charge in [0, 0.05) is 17.0 Å². The van der Waals surface area contributed by atoms with Crippen LogP contribution in [-0.2, 0) is 0 Å². The van der Waals surface area contributed by atoms with Crippen LogP contribution >= 0.6 is 0 Å². The van der Waals surface area contributed by atoms with Gasteiger partial charge < -0.3 is 4.42 Å². The van der Waals surface area contributed by atoms with E-state index in [4.69, 9.17) is 4.42 Å². The van der Waals surface area contributed by atoms with E-state index in [0.717, 1.165) is 21.9 Å². The first-order chi connectivity index (χ1) is 6.45. The molecule has 3 aromatic rings. The van der Waals surface area contributed by atoms with Crippen molar-refractivity contribution in [3.63, 3.8) is 0 Å². The standard InChI is InChI=1S/C11H7NO/c1-2-9-10(12-6-1)4-3-8-5-7-13-11(8)9/h1-7H. The third kappa shape index (κ3) is 0.855. The van der Waals surface area contributed by atoms with Gasteiger partial charge in [0.2, 0.25) is 0 Å². The highest BCUT2D eigenvalue weighted by atomic mass is 16.3. The van der Waals surface area contributed by atoms with Crippen molar-refractivity contribution in [3.05, 3.63) is 42.8 Å². The van der Waals surface area contributed by atoms with Crippen LogP contribution in [0.2, 0.25) is 0 Å². The Morgan fingerprint density at radius 1 is 1.08 bits per heavy atom. The van der Waals surface area contributed by atoms with Gasteiger partial charge in [0.25, 0.3) is 0 Å². The lowest BCUT2D eigenvalue weighted by Crippen LogP contribution is -1.76. The van der Waals surface area contributed by atoms with Crippen LogP contribution in [-0.4, -0.2) is 4.98 Å². The molecule has 0 atom stereocenters. The van der Waals surface area contributed by atoms with Crippen LogP contribution in [0.25, 0.3) is 21.9 Å². The van der Waals surface area contributed by atoms with Crippen molar-refractivity contribution in [2.45, 2.75) is 0 Å². The van der Waals surface area contributed by atoms with Crippen LogP contribution in [0.3, 0.4) is 0 Å². The van der Waals surface area contributed by atoms with Crippen LogP contribution < -0.4 is 0 Å². The summed E-state index contributed by atoms with van der Waals surface area (Å²) in [4.78, 5) is 4.25. The summed E-state index contributed by atoms with van der Waals surface area (Å²) in [6.45, 7) is 0. The second-order valence-electron chi connectivity index (χ2n) is 2.97. The fraction of sp³-hybridized carbons (Fsp3) is 0. The summed E-state index contributed by atoms with van der Waals surface area (Å²) < 4.78 is 5.39. The van der Waals surface area contributed by atoms with Crippen molar-refractivity contribution in [2.24, 2.45) is 0 Å². The Bertz CT molecular complexity index is 568. The molecule has 13 heavy (non-hydrogen) atoms. The van der Waals surface area contributed by atoms with Gasteiger partial charge in [-0.05, 0) is 30.3 Å². The van der Waals surface area contributed by atoms with E-state index in [-0.39, 0.29) is 0 Å². The number of furan rings is 1.